The summed E-state index contributed by atoms with van der Waals surface area (Å²) in [5.74, 6) is 0.0725. The second kappa shape index (κ2) is 2.61. The van der Waals surface area contributed by atoms with Gasteiger partial charge in [0, 0.05) is 5.39 Å². The van der Waals surface area contributed by atoms with Gasteiger partial charge < -0.3 is 5.11 Å². The molecule has 0 fully saturated rings. The zero-order chi connectivity index (χ0) is 8.72. The van der Waals surface area contributed by atoms with Crippen molar-refractivity contribution in [2.75, 3.05) is 0 Å². The summed E-state index contributed by atoms with van der Waals surface area (Å²) < 4.78 is 13.4. The molecule has 0 radical (unpaired) electrons. The number of fused-ring (bicyclic) bond motifs is 1. The van der Waals surface area contributed by atoms with Crippen molar-refractivity contribution >= 4 is 33.0 Å². The maximum Gasteiger partial charge on any atom is 0.196 e. The number of hydrogen-bond acceptors (Lipinski definition) is 2. The van der Waals surface area contributed by atoms with Crippen molar-refractivity contribution < 1.29 is 9.50 Å². The van der Waals surface area contributed by atoms with Gasteiger partial charge in [0.1, 0.15) is 5.75 Å². The monoisotopic (exact) mass is 202 g/mol. The van der Waals surface area contributed by atoms with Crippen LogP contribution in [0.1, 0.15) is 0 Å². The molecular weight excluding hydrogens is 199 g/mol. The number of phenolic OH excluding ortho intramolecular Hbond substituents is 1. The maximum absolute atomic E-state index is 12.9. The average Bonchev–Trinajstić information content (AvgIpc) is 2.32. The lowest BCUT2D eigenvalue weighted by Crippen LogP contribution is -1.65. The Balaban J connectivity index is 2.95. The van der Waals surface area contributed by atoms with Crippen molar-refractivity contribution in [1.82, 2.24) is 0 Å². The summed E-state index contributed by atoms with van der Waals surface area (Å²) in [5.41, 5.74) is 0. The van der Waals surface area contributed by atoms with Gasteiger partial charge in [-0.05, 0) is 6.07 Å². The summed E-state index contributed by atoms with van der Waals surface area (Å²) in [7, 11) is 0. The number of thiophene rings is 1. The van der Waals surface area contributed by atoms with Gasteiger partial charge in [-0.25, -0.2) is 0 Å². The largest absolute Gasteiger partial charge is 0.506 e. The van der Waals surface area contributed by atoms with E-state index in [4.69, 9.17) is 11.6 Å². The molecule has 62 valence electrons. The zero-order valence-electron chi connectivity index (χ0n) is 5.84. The molecule has 1 heterocycles. The van der Waals surface area contributed by atoms with Gasteiger partial charge in [-0.1, -0.05) is 23.7 Å². The summed E-state index contributed by atoms with van der Waals surface area (Å²) >= 11 is 6.49. The third-order valence-corrected chi connectivity index (χ3v) is 3.09. The van der Waals surface area contributed by atoms with Gasteiger partial charge >= 0.3 is 0 Å². The Labute approximate surface area is 77.0 Å². The number of rotatable bonds is 0. The predicted octanol–water partition coefficient (Wildman–Crippen LogP) is 3.40. The minimum absolute atomic E-state index is 0.0725. The molecule has 0 unspecified atom stereocenters. The van der Waals surface area contributed by atoms with E-state index in [9.17, 15) is 9.50 Å². The van der Waals surface area contributed by atoms with E-state index in [1.807, 2.05) is 0 Å². The van der Waals surface area contributed by atoms with Gasteiger partial charge in [0.2, 0.25) is 0 Å². The van der Waals surface area contributed by atoms with E-state index in [1.54, 1.807) is 12.1 Å². The number of hydrogen-bond donors (Lipinski definition) is 1. The van der Waals surface area contributed by atoms with E-state index in [0.29, 0.717) is 10.1 Å². The highest BCUT2D eigenvalue weighted by molar-refractivity contribution is 7.18. The summed E-state index contributed by atoms with van der Waals surface area (Å²) in [4.78, 5) is 0. The molecule has 1 nitrogen and oxygen atoms in total. The Bertz CT molecular complexity index is 438. The van der Waals surface area contributed by atoms with Crippen molar-refractivity contribution in [2.24, 2.45) is 0 Å². The molecule has 4 heteroatoms. The van der Waals surface area contributed by atoms with Crippen LogP contribution >= 0.6 is 22.9 Å². The van der Waals surface area contributed by atoms with Crippen LogP contribution < -0.4 is 0 Å². The van der Waals surface area contributed by atoms with Crippen LogP contribution in [-0.2, 0) is 0 Å². The normalized spacial score (nSPS) is 10.8. The zero-order valence-corrected chi connectivity index (χ0v) is 7.42. The van der Waals surface area contributed by atoms with Crippen LogP contribution in [0.25, 0.3) is 10.1 Å². The minimum atomic E-state index is -0.451. The van der Waals surface area contributed by atoms with Crippen LogP contribution in [0.5, 0.6) is 5.75 Å². The Morgan fingerprint density at radius 1 is 1.42 bits per heavy atom. The van der Waals surface area contributed by atoms with Crippen LogP contribution in [0.4, 0.5) is 4.39 Å². The quantitative estimate of drug-likeness (QED) is 0.694. The molecule has 0 spiro atoms. The lowest BCUT2D eigenvalue weighted by Gasteiger charge is -1.91. The molecule has 1 N–H and O–H groups in total. The highest BCUT2D eigenvalue weighted by Gasteiger charge is 2.11. The molecule has 2 aromatic rings. The van der Waals surface area contributed by atoms with Gasteiger partial charge in [0.25, 0.3) is 0 Å². The lowest BCUT2D eigenvalue weighted by molar-refractivity contribution is 0.482. The Morgan fingerprint density at radius 3 is 2.83 bits per heavy atom. The average molecular weight is 203 g/mol. The third kappa shape index (κ3) is 0.974. The lowest BCUT2D eigenvalue weighted by atomic mass is 10.2. The molecule has 0 saturated carbocycles. The SMILES string of the molecule is Oc1cccc2c(Cl)c(F)sc12. The molecule has 0 aliphatic rings. The predicted molar refractivity (Wildman–Crippen MR) is 48.5 cm³/mol. The third-order valence-electron chi connectivity index (χ3n) is 1.59. The second-order valence-corrected chi connectivity index (χ2v) is 3.69. The molecule has 0 atom stereocenters. The first-order valence-electron chi connectivity index (χ1n) is 3.25. The molecule has 0 aliphatic heterocycles. The van der Waals surface area contributed by atoms with Crippen molar-refractivity contribution in [2.45, 2.75) is 0 Å². The fourth-order valence-corrected chi connectivity index (χ4v) is 2.21. The molecule has 12 heavy (non-hydrogen) atoms. The molecule has 0 bridgehead atoms. The van der Waals surface area contributed by atoms with Gasteiger partial charge in [-0.2, -0.15) is 4.39 Å². The van der Waals surface area contributed by atoms with Crippen molar-refractivity contribution in [3.8, 4) is 5.75 Å². The molecule has 1 aromatic heterocycles. The maximum atomic E-state index is 12.9. The Hall–Kier alpha value is -0.800. The van der Waals surface area contributed by atoms with E-state index in [-0.39, 0.29) is 10.8 Å². The number of benzene rings is 1. The smallest absolute Gasteiger partial charge is 0.196 e. The Kier molecular flexibility index (Phi) is 1.70. The van der Waals surface area contributed by atoms with E-state index in [1.165, 1.54) is 6.07 Å². The van der Waals surface area contributed by atoms with Crippen LogP contribution in [0.15, 0.2) is 18.2 Å². The molecule has 2 rings (SSSR count). The van der Waals surface area contributed by atoms with E-state index in [2.05, 4.69) is 0 Å². The van der Waals surface area contributed by atoms with Gasteiger partial charge in [0.05, 0.1) is 9.72 Å². The van der Waals surface area contributed by atoms with Crippen LogP contribution in [0.3, 0.4) is 0 Å². The highest BCUT2D eigenvalue weighted by atomic mass is 35.5. The first-order chi connectivity index (χ1) is 5.70. The number of phenols is 1. The summed E-state index contributed by atoms with van der Waals surface area (Å²) in [6.07, 6.45) is 0. The number of aromatic hydroxyl groups is 1. The minimum Gasteiger partial charge on any atom is -0.506 e. The Morgan fingerprint density at radius 2 is 2.17 bits per heavy atom. The highest BCUT2D eigenvalue weighted by Crippen LogP contribution is 2.38. The fraction of sp³-hybridized carbons (Fsp3) is 0. The van der Waals surface area contributed by atoms with Gasteiger partial charge in [-0.15, -0.1) is 11.3 Å². The summed E-state index contributed by atoms with van der Waals surface area (Å²) in [6.45, 7) is 0. The van der Waals surface area contributed by atoms with Crippen molar-refractivity contribution in [3.05, 3.63) is 28.4 Å². The van der Waals surface area contributed by atoms with Crippen molar-refractivity contribution in [1.29, 1.82) is 0 Å². The molecule has 0 amide bonds. The molecule has 0 saturated heterocycles. The van der Waals surface area contributed by atoms with Crippen LogP contribution in [0, 0.1) is 5.13 Å². The van der Waals surface area contributed by atoms with Crippen LogP contribution in [0.2, 0.25) is 5.02 Å². The summed E-state index contributed by atoms with van der Waals surface area (Å²) in [6, 6.07) is 4.82. The first-order valence-corrected chi connectivity index (χ1v) is 4.45. The van der Waals surface area contributed by atoms with Gasteiger partial charge in [0.15, 0.2) is 5.13 Å². The topological polar surface area (TPSA) is 20.2 Å². The molecular formula is C8H4ClFOS. The first kappa shape index (κ1) is 7.83. The van der Waals surface area contributed by atoms with E-state index >= 15 is 0 Å². The van der Waals surface area contributed by atoms with E-state index in [0.717, 1.165) is 11.3 Å². The van der Waals surface area contributed by atoms with E-state index < -0.39 is 5.13 Å². The molecule has 0 aliphatic carbocycles. The second-order valence-electron chi connectivity index (χ2n) is 2.34. The van der Waals surface area contributed by atoms with Crippen LogP contribution in [-0.4, -0.2) is 5.11 Å². The summed E-state index contributed by atoms with van der Waals surface area (Å²) in [5, 5.41) is 9.50. The standard InChI is InChI=1S/C8H4ClFOS/c9-6-4-2-1-3-5(11)7(4)12-8(6)10/h1-3,11H. The molecule has 1 aromatic carbocycles. The number of halogens is 2. The fourth-order valence-electron chi connectivity index (χ4n) is 1.05. The van der Waals surface area contributed by atoms with Gasteiger partial charge in [-0.3, -0.25) is 0 Å². The van der Waals surface area contributed by atoms with Crippen molar-refractivity contribution in [3.63, 3.8) is 0 Å².